The van der Waals surface area contributed by atoms with Crippen molar-refractivity contribution >= 4 is 22.6 Å². The van der Waals surface area contributed by atoms with Gasteiger partial charge in [-0.25, -0.2) is 14.8 Å². The molecule has 0 bridgehead atoms. The van der Waals surface area contributed by atoms with Crippen molar-refractivity contribution in [3.8, 4) is 0 Å². The van der Waals surface area contributed by atoms with Crippen molar-refractivity contribution in [2.45, 2.75) is 13.8 Å². The van der Waals surface area contributed by atoms with Crippen LogP contribution in [0.5, 0.6) is 0 Å². The third-order valence-corrected chi connectivity index (χ3v) is 3.16. The third-order valence-electron chi connectivity index (χ3n) is 3.16. The highest BCUT2D eigenvalue weighted by Crippen LogP contribution is 2.14. The van der Waals surface area contributed by atoms with Crippen molar-refractivity contribution in [1.29, 1.82) is 0 Å². The Kier molecular flexibility index (Phi) is 3.42. The van der Waals surface area contributed by atoms with E-state index in [1.807, 2.05) is 13.0 Å². The summed E-state index contributed by atoms with van der Waals surface area (Å²) < 4.78 is 5.09. The van der Waals surface area contributed by atoms with Crippen LogP contribution in [0.4, 0.5) is 5.95 Å². The second-order valence-corrected chi connectivity index (χ2v) is 4.96. The molecule has 22 heavy (non-hydrogen) atoms. The number of amides is 1. The molecule has 0 atom stereocenters. The van der Waals surface area contributed by atoms with Gasteiger partial charge in [-0.3, -0.25) is 10.1 Å². The van der Waals surface area contributed by atoms with E-state index in [1.54, 1.807) is 25.1 Å². The number of aromatic nitrogens is 2. The van der Waals surface area contributed by atoms with Crippen LogP contribution < -0.4 is 10.9 Å². The first-order valence-electron chi connectivity index (χ1n) is 6.68. The molecule has 2 aromatic heterocycles. The SMILES string of the molecule is Cc1ccc2cc(C(=O)Nc3nccc(C)n3)oc(=O)c2c1. The maximum atomic E-state index is 12.2. The summed E-state index contributed by atoms with van der Waals surface area (Å²) >= 11 is 0. The fourth-order valence-electron chi connectivity index (χ4n) is 2.08. The summed E-state index contributed by atoms with van der Waals surface area (Å²) in [7, 11) is 0. The van der Waals surface area contributed by atoms with E-state index in [0.29, 0.717) is 10.8 Å². The fourth-order valence-corrected chi connectivity index (χ4v) is 2.08. The van der Waals surface area contributed by atoms with Gasteiger partial charge in [0.1, 0.15) is 0 Å². The molecule has 2 heterocycles. The van der Waals surface area contributed by atoms with Crippen molar-refractivity contribution in [2.24, 2.45) is 0 Å². The van der Waals surface area contributed by atoms with Gasteiger partial charge in [-0.2, -0.15) is 0 Å². The molecule has 0 spiro atoms. The predicted molar refractivity (Wildman–Crippen MR) is 81.9 cm³/mol. The fraction of sp³-hybridized carbons (Fsp3) is 0.125. The Morgan fingerprint density at radius 3 is 2.77 bits per heavy atom. The van der Waals surface area contributed by atoms with Crippen molar-refractivity contribution in [3.63, 3.8) is 0 Å². The lowest BCUT2D eigenvalue weighted by molar-refractivity contribution is 0.0992. The van der Waals surface area contributed by atoms with E-state index < -0.39 is 11.5 Å². The lowest BCUT2D eigenvalue weighted by atomic mass is 10.1. The number of fused-ring (bicyclic) bond motifs is 1. The van der Waals surface area contributed by atoms with E-state index in [9.17, 15) is 9.59 Å². The van der Waals surface area contributed by atoms with Gasteiger partial charge in [-0.05, 0) is 37.4 Å². The first kappa shape index (κ1) is 13.9. The number of benzene rings is 1. The number of anilines is 1. The monoisotopic (exact) mass is 295 g/mol. The molecular formula is C16H13N3O3. The standard InChI is InChI=1S/C16H13N3O3/c1-9-3-4-11-8-13(22-15(21)12(11)7-9)14(20)19-16-17-6-5-10(2)18-16/h3-8H,1-2H3,(H,17,18,19,20). The van der Waals surface area contributed by atoms with Crippen LogP contribution in [0, 0.1) is 13.8 Å². The van der Waals surface area contributed by atoms with Crippen LogP contribution in [-0.4, -0.2) is 15.9 Å². The Morgan fingerprint density at radius 1 is 1.18 bits per heavy atom. The second kappa shape index (κ2) is 5.40. The van der Waals surface area contributed by atoms with Crippen LogP contribution in [0.3, 0.4) is 0 Å². The maximum absolute atomic E-state index is 12.2. The van der Waals surface area contributed by atoms with E-state index in [0.717, 1.165) is 11.3 Å². The highest BCUT2D eigenvalue weighted by molar-refractivity contribution is 6.03. The molecule has 1 N–H and O–H groups in total. The van der Waals surface area contributed by atoms with E-state index >= 15 is 0 Å². The number of rotatable bonds is 2. The first-order valence-corrected chi connectivity index (χ1v) is 6.68. The molecule has 0 saturated heterocycles. The summed E-state index contributed by atoms with van der Waals surface area (Å²) in [5, 5.41) is 3.61. The maximum Gasteiger partial charge on any atom is 0.344 e. The zero-order chi connectivity index (χ0) is 15.7. The molecule has 1 amide bonds. The van der Waals surface area contributed by atoms with Crippen LogP contribution in [0.1, 0.15) is 21.8 Å². The minimum Gasteiger partial charge on any atom is -0.417 e. The Balaban J connectivity index is 1.98. The van der Waals surface area contributed by atoms with Gasteiger partial charge >= 0.3 is 5.63 Å². The van der Waals surface area contributed by atoms with Crippen molar-refractivity contribution in [3.05, 3.63) is 64.0 Å². The number of hydrogen-bond acceptors (Lipinski definition) is 5. The summed E-state index contributed by atoms with van der Waals surface area (Å²) in [5.41, 5.74) is 1.13. The Morgan fingerprint density at radius 2 is 2.00 bits per heavy atom. The summed E-state index contributed by atoms with van der Waals surface area (Å²) in [5.74, 6) is -0.478. The van der Waals surface area contributed by atoms with Gasteiger partial charge in [0.05, 0.1) is 5.39 Å². The quantitative estimate of drug-likeness (QED) is 0.785. The largest absolute Gasteiger partial charge is 0.417 e. The molecule has 0 aliphatic rings. The molecule has 110 valence electrons. The van der Waals surface area contributed by atoms with Crippen LogP contribution in [0.25, 0.3) is 10.8 Å². The number of hydrogen-bond donors (Lipinski definition) is 1. The lowest BCUT2D eigenvalue weighted by Gasteiger charge is -2.04. The second-order valence-electron chi connectivity index (χ2n) is 4.96. The number of nitrogens with one attached hydrogen (secondary N) is 1. The molecule has 6 nitrogen and oxygen atoms in total. The Bertz CT molecular complexity index is 931. The first-order chi connectivity index (χ1) is 10.5. The van der Waals surface area contributed by atoms with E-state index in [1.165, 1.54) is 12.3 Å². The highest BCUT2D eigenvalue weighted by atomic mass is 16.4. The highest BCUT2D eigenvalue weighted by Gasteiger charge is 2.13. The van der Waals surface area contributed by atoms with Gasteiger partial charge in [0.25, 0.3) is 5.91 Å². The molecule has 1 aromatic carbocycles. The molecular weight excluding hydrogens is 282 g/mol. The van der Waals surface area contributed by atoms with Gasteiger partial charge in [-0.15, -0.1) is 0 Å². The molecule has 3 aromatic rings. The van der Waals surface area contributed by atoms with Crippen molar-refractivity contribution in [2.75, 3.05) is 5.32 Å². The van der Waals surface area contributed by atoms with Crippen LogP contribution in [0.2, 0.25) is 0 Å². The Labute approximate surface area is 125 Å². The average Bonchev–Trinajstić information content (AvgIpc) is 2.48. The van der Waals surface area contributed by atoms with Crippen LogP contribution in [0.15, 0.2) is 45.7 Å². The number of carbonyl (C=O) groups is 1. The van der Waals surface area contributed by atoms with Gasteiger partial charge in [0.15, 0.2) is 5.76 Å². The van der Waals surface area contributed by atoms with Gasteiger partial charge < -0.3 is 4.42 Å². The molecule has 0 unspecified atom stereocenters. The summed E-state index contributed by atoms with van der Waals surface area (Å²) in [6.45, 7) is 3.67. The van der Waals surface area contributed by atoms with E-state index in [2.05, 4.69) is 15.3 Å². The molecule has 3 rings (SSSR count). The minimum atomic E-state index is -0.565. The zero-order valence-electron chi connectivity index (χ0n) is 12.1. The molecule has 0 radical (unpaired) electrons. The van der Waals surface area contributed by atoms with Crippen molar-refractivity contribution in [1.82, 2.24) is 9.97 Å². The van der Waals surface area contributed by atoms with Crippen LogP contribution in [-0.2, 0) is 0 Å². The zero-order valence-corrected chi connectivity index (χ0v) is 12.1. The topological polar surface area (TPSA) is 85.1 Å². The summed E-state index contributed by atoms with van der Waals surface area (Å²) in [6.07, 6.45) is 1.54. The van der Waals surface area contributed by atoms with Gasteiger partial charge in [0.2, 0.25) is 5.95 Å². The van der Waals surface area contributed by atoms with E-state index in [4.69, 9.17) is 4.42 Å². The smallest absolute Gasteiger partial charge is 0.344 e. The summed E-state index contributed by atoms with van der Waals surface area (Å²) in [4.78, 5) is 32.2. The van der Waals surface area contributed by atoms with Crippen LogP contribution >= 0.6 is 0 Å². The average molecular weight is 295 g/mol. The number of carbonyl (C=O) groups excluding carboxylic acids is 1. The van der Waals surface area contributed by atoms with E-state index in [-0.39, 0.29) is 11.7 Å². The summed E-state index contributed by atoms with van der Waals surface area (Å²) in [6, 6.07) is 8.62. The molecule has 0 fully saturated rings. The Hall–Kier alpha value is -3.02. The number of aryl methyl sites for hydroxylation is 2. The molecule has 0 aliphatic heterocycles. The molecule has 6 heteroatoms. The number of nitrogens with zero attached hydrogens (tertiary/aromatic N) is 2. The molecule has 0 saturated carbocycles. The third kappa shape index (κ3) is 2.71. The normalized spacial score (nSPS) is 10.6. The minimum absolute atomic E-state index is 0.0774. The predicted octanol–water partition coefficient (Wildman–Crippen LogP) is 2.45. The van der Waals surface area contributed by atoms with Crippen molar-refractivity contribution < 1.29 is 9.21 Å². The van der Waals surface area contributed by atoms with Gasteiger partial charge in [0, 0.05) is 11.9 Å². The van der Waals surface area contributed by atoms with Gasteiger partial charge in [-0.1, -0.05) is 17.7 Å². The molecule has 0 aliphatic carbocycles. The lowest BCUT2D eigenvalue weighted by Crippen LogP contribution is -2.16.